The van der Waals surface area contributed by atoms with Gasteiger partial charge < -0.3 is 35.8 Å². The predicted octanol–water partition coefficient (Wildman–Crippen LogP) is 5.08. The zero-order valence-corrected chi connectivity index (χ0v) is 35.4. The minimum absolute atomic E-state index is 0.0146. The number of hydrazone groups is 1. The Hall–Kier alpha value is -6.12. The molecular formula is C43H53F3N10O7. The smallest absolute Gasteiger partial charge is 0.402 e. The number of hydrogen-bond donors (Lipinski definition) is 7. The van der Waals surface area contributed by atoms with Gasteiger partial charge in [0.1, 0.15) is 35.7 Å². The lowest BCUT2D eigenvalue weighted by Gasteiger charge is -2.44. The van der Waals surface area contributed by atoms with Crippen LogP contribution in [0.15, 0.2) is 53.6 Å². The number of nitrogens with two attached hydrogens (primary N) is 1. The number of phenolic OH excluding ortho intramolecular Hbond substituents is 4. The highest BCUT2D eigenvalue weighted by Crippen LogP contribution is 2.40. The van der Waals surface area contributed by atoms with Crippen molar-refractivity contribution in [3.05, 3.63) is 76.6 Å². The van der Waals surface area contributed by atoms with Gasteiger partial charge in [0.25, 0.3) is 5.91 Å². The first-order valence-corrected chi connectivity index (χ1v) is 21.0. The molecule has 0 bridgehead atoms. The van der Waals surface area contributed by atoms with Gasteiger partial charge in [-0.2, -0.15) is 18.3 Å². The zero-order chi connectivity index (χ0) is 45.3. The van der Waals surface area contributed by atoms with E-state index < -0.39 is 36.9 Å². The molecular weight excluding hydrogens is 826 g/mol. The Balaban J connectivity index is 1.23. The Morgan fingerprint density at radius 2 is 1.49 bits per heavy atom. The van der Waals surface area contributed by atoms with Crippen molar-refractivity contribution in [1.82, 2.24) is 40.4 Å². The molecule has 20 heteroatoms. The summed E-state index contributed by atoms with van der Waals surface area (Å²) in [4.78, 5) is 30.9. The Labute approximate surface area is 361 Å². The average Bonchev–Trinajstić information content (AvgIpc) is 3.84. The molecule has 63 heavy (non-hydrogen) atoms. The van der Waals surface area contributed by atoms with Gasteiger partial charge in [0, 0.05) is 37.0 Å². The number of benzene rings is 3. The minimum Gasteiger partial charge on any atom is -0.508 e. The van der Waals surface area contributed by atoms with Crippen LogP contribution in [0.5, 0.6) is 23.0 Å². The fraction of sp³-hybridized carbons (Fsp3) is 0.465. The van der Waals surface area contributed by atoms with E-state index in [2.05, 4.69) is 15.1 Å². The van der Waals surface area contributed by atoms with Crippen LogP contribution in [0.25, 0.3) is 17.1 Å². The molecule has 3 aromatic carbocycles. The molecule has 2 unspecified atom stereocenters. The number of amidine groups is 1. The maximum Gasteiger partial charge on any atom is 0.402 e. The summed E-state index contributed by atoms with van der Waals surface area (Å²) in [5, 5.41) is 58.3. The molecule has 4 aromatic rings. The Kier molecular flexibility index (Phi) is 13.1. The predicted molar refractivity (Wildman–Crippen MR) is 225 cm³/mol. The van der Waals surface area contributed by atoms with Crippen LogP contribution in [0.4, 0.5) is 13.2 Å². The van der Waals surface area contributed by atoms with E-state index in [4.69, 9.17) is 15.6 Å². The number of hydrazine groups is 1. The van der Waals surface area contributed by atoms with Crippen LogP contribution >= 0.6 is 0 Å². The third-order valence-corrected chi connectivity index (χ3v) is 11.7. The summed E-state index contributed by atoms with van der Waals surface area (Å²) < 4.78 is 46.0. The number of rotatable bonds is 13. The van der Waals surface area contributed by atoms with Gasteiger partial charge in [0.2, 0.25) is 12.0 Å². The highest BCUT2D eigenvalue weighted by molar-refractivity contribution is 6.05. The van der Waals surface area contributed by atoms with Gasteiger partial charge in [-0.3, -0.25) is 24.5 Å². The van der Waals surface area contributed by atoms with E-state index in [1.165, 1.54) is 16.7 Å². The van der Waals surface area contributed by atoms with Crippen molar-refractivity contribution in [2.24, 2.45) is 10.8 Å². The van der Waals surface area contributed by atoms with Crippen LogP contribution < -0.4 is 16.6 Å². The van der Waals surface area contributed by atoms with Crippen LogP contribution in [-0.4, -0.2) is 119 Å². The van der Waals surface area contributed by atoms with Crippen molar-refractivity contribution < 1.29 is 47.9 Å². The molecule has 1 saturated carbocycles. The van der Waals surface area contributed by atoms with Crippen molar-refractivity contribution in [2.75, 3.05) is 26.3 Å². The molecule has 0 spiro atoms. The molecule has 2 amide bonds. The molecule has 8 N–H and O–H groups in total. The number of aromatic hydroxyl groups is 4. The van der Waals surface area contributed by atoms with Crippen molar-refractivity contribution in [3.8, 4) is 40.1 Å². The Morgan fingerprint density at radius 1 is 0.873 bits per heavy atom. The number of nitrogens with zero attached hydrogens (tertiary/aromatic N) is 7. The first-order chi connectivity index (χ1) is 29.9. The molecule has 3 heterocycles. The first-order valence-electron chi connectivity index (χ1n) is 21.0. The summed E-state index contributed by atoms with van der Waals surface area (Å²) in [7, 11) is 0. The van der Waals surface area contributed by atoms with Gasteiger partial charge in [0.05, 0.1) is 24.3 Å². The number of ether oxygens (including phenoxy) is 1. The van der Waals surface area contributed by atoms with Gasteiger partial charge in [-0.15, -0.1) is 10.2 Å². The lowest BCUT2D eigenvalue weighted by atomic mass is 9.92. The molecule has 3 aliphatic rings. The lowest BCUT2D eigenvalue weighted by Crippen LogP contribution is -2.62. The van der Waals surface area contributed by atoms with E-state index in [0.29, 0.717) is 47.9 Å². The molecule has 0 radical (unpaired) electrons. The van der Waals surface area contributed by atoms with Crippen LogP contribution in [0.2, 0.25) is 0 Å². The summed E-state index contributed by atoms with van der Waals surface area (Å²) in [5.74, 6) is -2.70. The van der Waals surface area contributed by atoms with Gasteiger partial charge in [-0.05, 0) is 65.6 Å². The van der Waals surface area contributed by atoms with E-state index in [-0.39, 0.29) is 64.7 Å². The number of carbonyl (C=O) groups is 2. The van der Waals surface area contributed by atoms with Gasteiger partial charge >= 0.3 is 12.1 Å². The molecule has 1 aromatic heterocycles. The maximum absolute atomic E-state index is 13.6. The topological polar surface area (TPSA) is 227 Å². The highest BCUT2D eigenvalue weighted by atomic mass is 19.4. The SMILES string of the molecule is CC(C)c1cc(C2=NN(C3COCCN3Cc3ccc(-n4c(C(=O)NNCC(F)(F)F)nnc4-c4cc(C(C)C)c(O)cc4O)cc3)C(C(N)=O)N2C2CCCCC2)c(O)cc1O. The molecule has 7 rings (SSSR count). The van der Waals surface area contributed by atoms with Crippen molar-refractivity contribution in [3.63, 3.8) is 0 Å². The number of primary amides is 1. The fourth-order valence-electron chi connectivity index (χ4n) is 8.52. The van der Waals surface area contributed by atoms with Crippen LogP contribution in [-0.2, 0) is 16.1 Å². The van der Waals surface area contributed by atoms with E-state index in [1.54, 1.807) is 35.3 Å². The van der Waals surface area contributed by atoms with E-state index in [9.17, 15) is 43.2 Å². The fourth-order valence-corrected chi connectivity index (χ4v) is 8.52. The maximum atomic E-state index is 13.6. The number of hydrogen-bond acceptors (Lipinski definition) is 14. The second-order valence-corrected chi connectivity index (χ2v) is 16.7. The van der Waals surface area contributed by atoms with E-state index in [1.807, 2.05) is 43.4 Å². The molecule has 17 nitrogen and oxygen atoms in total. The third-order valence-electron chi connectivity index (χ3n) is 11.7. The Morgan fingerprint density at radius 3 is 2.10 bits per heavy atom. The van der Waals surface area contributed by atoms with Crippen LogP contribution in [0.3, 0.4) is 0 Å². The van der Waals surface area contributed by atoms with Gasteiger partial charge in [0.15, 0.2) is 11.7 Å². The third kappa shape index (κ3) is 9.47. The summed E-state index contributed by atoms with van der Waals surface area (Å²) in [6, 6.07) is 12.5. The first kappa shape index (κ1) is 44.9. The number of alkyl halides is 3. The molecule has 1 saturated heterocycles. The summed E-state index contributed by atoms with van der Waals surface area (Å²) >= 11 is 0. The molecule has 1 aliphatic carbocycles. The van der Waals surface area contributed by atoms with Crippen molar-refractivity contribution >= 4 is 17.6 Å². The van der Waals surface area contributed by atoms with E-state index in [0.717, 1.165) is 43.7 Å². The molecule has 338 valence electrons. The minimum atomic E-state index is -4.61. The lowest BCUT2D eigenvalue weighted by molar-refractivity contribution is -0.140. The van der Waals surface area contributed by atoms with Gasteiger partial charge in [-0.1, -0.05) is 59.1 Å². The average molecular weight is 879 g/mol. The number of amides is 2. The summed E-state index contributed by atoms with van der Waals surface area (Å²) in [5.41, 5.74) is 12.8. The van der Waals surface area contributed by atoms with Crippen molar-refractivity contribution in [1.29, 1.82) is 0 Å². The molecule has 2 atom stereocenters. The summed E-state index contributed by atoms with van der Waals surface area (Å²) in [6.45, 7) is 7.33. The normalized spacial score (nSPS) is 19.0. The number of aromatic nitrogens is 3. The number of nitrogens with one attached hydrogen (secondary N) is 2. The van der Waals surface area contributed by atoms with Crippen LogP contribution in [0.1, 0.15) is 105 Å². The standard InChI is InChI=1S/C43H53F3N10O7/c1-23(2)28-16-30(34(59)18-32(28)57)38-49-50-40(41(62)51-48-22-43(44,45)46)54(38)27-12-10-25(11-13-27)20-53-14-15-63-21-36(53)56-42(37(47)61)55(26-8-6-5-7-9-26)39(52-56)31-17-29(24(3)4)33(58)19-35(31)60/h10-13,16-19,23-24,26,36,42,48,57-60H,5-9,14-15,20-22H2,1-4H3,(H2,47,61)(H,51,62). The second-order valence-electron chi connectivity index (χ2n) is 16.7. The molecule has 2 fully saturated rings. The highest BCUT2D eigenvalue weighted by Gasteiger charge is 2.48. The Bertz CT molecular complexity index is 2350. The number of morpholine rings is 1. The van der Waals surface area contributed by atoms with E-state index >= 15 is 0 Å². The number of halogens is 3. The largest absolute Gasteiger partial charge is 0.508 e. The van der Waals surface area contributed by atoms with Crippen molar-refractivity contribution in [2.45, 2.75) is 103 Å². The number of phenols is 4. The quantitative estimate of drug-likeness (QED) is 0.0871. The monoisotopic (exact) mass is 878 g/mol. The van der Waals surface area contributed by atoms with Gasteiger partial charge in [-0.25, -0.2) is 10.4 Å². The molecule has 2 aliphatic heterocycles. The number of carbonyl (C=O) groups excluding carboxylic acids is 2. The summed E-state index contributed by atoms with van der Waals surface area (Å²) in [6.07, 6.45) is -1.71. The van der Waals surface area contributed by atoms with Crippen LogP contribution in [0, 0.1) is 0 Å². The zero-order valence-electron chi connectivity index (χ0n) is 35.4. The second kappa shape index (κ2) is 18.3.